The Labute approximate surface area is 116 Å². The van der Waals surface area contributed by atoms with Gasteiger partial charge in [-0.05, 0) is 22.0 Å². The lowest BCUT2D eigenvalue weighted by Crippen LogP contribution is -2.37. The van der Waals surface area contributed by atoms with Crippen molar-refractivity contribution in [3.8, 4) is 0 Å². The monoisotopic (exact) mass is 336 g/mol. The standard InChI is InChI=1S/C10H13BrN2O4S/c11-6-3-7(18-5-6)4-13-10(17)12-2-1-8(14)9(15)16/h3,5,8,14H,1-2,4H2,(H,15,16)(H2,12,13,17). The van der Waals surface area contributed by atoms with Gasteiger partial charge < -0.3 is 20.8 Å². The molecule has 0 aromatic carbocycles. The largest absolute Gasteiger partial charge is 0.479 e. The molecule has 0 aliphatic heterocycles. The molecule has 0 bridgehead atoms. The predicted molar refractivity (Wildman–Crippen MR) is 70.5 cm³/mol. The van der Waals surface area contributed by atoms with E-state index in [1.165, 1.54) is 11.3 Å². The van der Waals surface area contributed by atoms with Crippen molar-refractivity contribution in [2.75, 3.05) is 6.54 Å². The van der Waals surface area contributed by atoms with Crippen LogP contribution < -0.4 is 10.6 Å². The molecular weight excluding hydrogens is 324 g/mol. The van der Waals surface area contributed by atoms with E-state index in [1.54, 1.807) is 0 Å². The molecular formula is C10H13BrN2O4S. The van der Waals surface area contributed by atoms with Crippen molar-refractivity contribution in [1.82, 2.24) is 10.6 Å². The van der Waals surface area contributed by atoms with Gasteiger partial charge >= 0.3 is 12.0 Å². The van der Waals surface area contributed by atoms with Gasteiger partial charge in [0, 0.05) is 27.7 Å². The molecule has 1 heterocycles. The summed E-state index contributed by atoms with van der Waals surface area (Å²) in [6.45, 7) is 0.511. The SMILES string of the molecule is O=C(NCCC(O)C(=O)O)NCc1cc(Br)cs1. The fourth-order valence-electron chi connectivity index (χ4n) is 1.12. The molecule has 1 aromatic heterocycles. The van der Waals surface area contributed by atoms with Crippen molar-refractivity contribution in [1.29, 1.82) is 0 Å². The fraction of sp³-hybridized carbons (Fsp3) is 0.400. The van der Waals surface area contributed by atoms with Gasteiger partial charge in [-0.2, -0.15) is 0 Å². The maximum atomic E-state index is 11.3. The van der Waals surface area contributed by atoms with Gasteiger partial charge in [-0.1, -0.05) is 0 Å². The zero-order chi connectivity index (χ0) is 13.5. The number of urea groups is 1. The van der Waals surface area contributed by atoms with Crippen LogP contribution in [0.4, 0.5) is 4.79 Å². The van der Waals surface area contributed by atoms with Crippen LogP contribution in [0.25, 0.3) is 0 Å². The Morgan fingerprint density at radius 3 is 2.72 bits per heavy atom. The molecule has 0 spiro atoms. The normalized spacial score (nSPS) is 11.9. The summed E-state index contributed by atoms with van der Waals surface area (Å²) in [4.78, 5) is 22.6. The summed E-state index contributed by atoms with van der Waals surface area (Å²) in [6, 6.07) is 1.51. The molecule has 18 heavy (non-hydrogen) atoms. The summed E-state index contributed by atoms with van der Waals surface area (Å²) < 4.78 is 0.967. The van der Waals surface area contributed by atoms with Crippen LogP contribution in [0.15, 0.2) is 15.9 Å². The first-order chi connectivity index (χ1) is 8.49. The van der Waals surface area contributed by atoms with Gasteiger partial charge in [-0.3, -0.25) is 0 Å². The molecule has 0 saturated heterocycles. The van der Waals surface area contributed by atoms with Crippen molar-refractivity contribution >= 4 is 39.3 Å². The van der Waals surface area contributed by atoms with E-state index in [0.29, 0.717) is 6.54 Å². The first-order valence-electron chi connectivity index (χ1n) is 5.14. The maximum Gasteiger partial charge on any atom is 0.332 e. The number of amides is 2. The number of nitrogens with one attached hydrogen (secondary N) is 2. The molecule has 1 aromatic rings. The minimum absolute atomic E-state index is 0.0205. The second kappa shape index (κ2) is 7.34. The van der Waals surface area contributed by atoms with Crippen LogP contribution in [-0.4, -0.2) is 34.9 Å². The van der Waals surface area contributed by atoms with Crippen LogP contribution in [0.5, 0.6) is 0 Å². The quantitative estimate of drug-likeness (QED) is 0.626. The van der Waals surface area contributed by atoms with E-state index in [9.17, 15) is 9.59 Å². The second-order valence-electron chi connectivity index (χ2n) is 3.48. The third-order valence-electron chi connectivity index (χ3n) is 2.03. The highest BCUT2D eigenvalue weighted by molar-refractivity contribution is 9.10. The van der Waals surface area contributed by atoms with Crippen LogP contribution in [0.2, 0.25) is 0 Å². The Kier molecular flexibility index (Phi) is 6.10. The molecule has 4 N–H and O–H groups in total. The van der Waals surface area contributed by atoms with E-state index in [2.05, 4.69) is 26.6 Å². The third-order valence-corrected chi connectivity index (χ3v) is 3.73. The van der Waals surface area contributed by atoms with E-state index >= 15 is 0 Å². The summed E-state index contributed by atoms with van der Waals surface area (Å²) in [5.41, 5.74) is 0. The number of aliphatic hydroxyl groups excluding tert-OH is 1. The lowest BCUT2D eigenvalue weighted by Gasteiger charge is -2.08. The van der Waals surface area contributed by atoms with Crippen molar-refractivity contribution in [3.05, 3.63) is 20.8 Å². The first-order valence-corrected chi connectivity index (χ1v) is 6.82. The molecule has 1 rings (SSSR count). The van der Waals surface area contributed by atoms with Gasteiger partial charge in [0.05, 0.1) is 6.54 Å². The molecule has 1 atom stereocenters. The number of hydrogen-bond acceptors (Lipinski definition) is 4. The average Bonchev–Trinajstić information content (AvgIpc) is 2.72. The molecule has 100 valence electrons. The van der Waals surface area contributed by atoms with Crippen molar-refractivity contribution in [2.45, 2.75) is 19.1 Å². The smallest absolute Gasteiger partial charge is 0.332 e. The van der Waals surface area contributed by atoms with Gasteiger partial charge in [0.2, 0.25) is 0 Å². The molecule has 0 radical (unpaired) electrons. The number of aliphatic hydroxyl groups is 1. The summed E-state index contributed by atoms with van der Waals surface area (Å²) in [5, 5.41) is 24.4. The Balaban J connectivity index is 2.16. The summed E-state index contributed by atoms with van der Waals surface area (Å²) >= 11 is 4.83. The first kappa shape index (κ1) is 14.9. The molecule has 0 saturated carbocycles. The lowest BCUT2D eigenvalue weighted by molar-refractivity contribution is -0.146. The van der Waals surface area contributed by atoms with Crippen molar-refractivity contribution in [3.63, 3.8) is 0 Å². The maximum absolute atomic E-state index is 11.3. The van der Waals surface area contributed by atoms with Gasteiger partial charge in [0.1, 0.15) is 0 Å². The summed E-state index contributed by atoms with van der Waals surface area (Å²) in [6.07, 6.45) is -1.47. The minimum Gasteiger partial charge on any atom is -0.479 e. The average molecular weight is 337 g/mol. The van der Waals surface area contributed by atoms with Crippen LogP contribution >= 0.6 is 27.3 Å². The van der Waals surface area contributed by atoms with Gasteiger partial charge in [0.15, 0.2) is 6.10 Å². The molecule has 0 aliphatic rings. The Bertz CT molecular complexity index is 424. The molecule has 0 fully saturated rings. The van der Waals surface area contributed by atoms with E-state index in [0.717, 1.165) is 9.35 Å². The third kappa shape index (κ3) is 5.48. The molecule has 2 amide bonds. The van der Waals surface area contributed by atoms with Gasteiger partial charge in [0.25, 0.3) is 0 Å². The molecule has 0 aliphatic carbocycles. The highest BCUT2D eigenvalue weighted by Gasteiger charge is 2.12. The zero-order valence-corrected chi connectivity index (χ0v) is 11.8. The van der Waals surface area contributed by atoms with Crippen LogP contribution in [-0.2, 0) is 11.3 Å². The topological polar surface area (TPSA) is 98.7 Å². The molecule has 1 unspecified atom stereocenters. The van der Waals surface area contributed by atoms with Crippen molar-refractivity contribution < 1.29 is 19.8 Å². The van der Waals surface area contributed by atoms with Crippen molar-refractivity contribution in [2.24, 2.45) is 0 Å². The molecule has 8 heteroatoms. The molecule has 6 nitrogen and oxygen atoms in total. The van der Waals surface area contributed by atoms with Crippen LogP contribution in [0.1, 0.15) is 11.3 Å². The Morgan fingerprint density at radius 1 is 1.44 bits per heavy atom. The fourth-order valence-corrected chi connectivity index (χ4v) is 2.51. The van der Waals surface area contributed by atoms with Crippen LogP contribution in [0, 0.1) is 0 Å². The number of thiophene rings is 1. The number of halogens is 1. The zero-order valence-electron chi connectivity index (χ0n) is 9.35. The second-order valence-corrected chi connectivity index (χ2v) is 5.39. The minimum atomic E-state index is -1.45. The number of carbonyl (C=O) groups is 2. The number of carboxylic acids is 1. The van der Waals surface area contributed by atoms with E-state index < -0.39 is 18.1 Å². The Hall–Kier alpha value is -1.12. The van der Waals surface area contributed by atoms with E-state index in [4.69, 9.17) is 10.2 Å². The number of rotatable bonds is 6. The number of carbonyl (C=O) groups excluding carboxylic acids is 1. The lowest BCUT2D eigenvalue weighted by atomic mass is 10.2. The Morgan fingerprint density at radius 2 is 2.17 bits per heavy atom. The van der Waals surface area contributed by atoms with Gasteiger partial charge in [-0.15, -0.1) is 11.3 Å². The number of aliphatic carboxylic acids is 1. The highest BCUT2D eigenvalue weighted by atomic mass is 79.9. The summed E-state index contributed by atoms with van der Waals surface area (Å²) in [7, 11) is 0. The van der Waals surface area contributed by atoms with E-state index in [1.807, 2.05) is 11.4 Å². The number of carboxylic acid groups (broad SMARTS) is 1. The van der Waals surface area contributed by atoms with Crippen LogP contribution in [0.3, 0.4) is 0 Å². The summed E-state index contributed by atoms with van der Waals surface area (Å²) in [5.74, 6) is -1.29. The van der Waals surface area contributed by atoms with Gasteiger partial charge in [-0.25, -0.2) is 9.59 Å². The number of hydrogen-bond donors (Lipinski definition) is 4. The highest BCUT2D eigenvalue weighted by Crippen LogP contribution is 2.19. The predicted octanol–water partition coefficient (Wildman–Crippen LogP) is 1.15. The van der Waals surface area contributed by atoms with E-state index in [-0.39, 0.29) is 13.0 Å².